The van der Waals surface area contributed by atoms with Crippen LogP contribution in [0.1, 0.15) is 67.2 Å². The minimum absolute atomic E-state index is 0.00628. The predicted molar refractivity (Wildman–Crippen MR) is 118 cm³/mol. The van der Waals surface area contributed by atoms with Gasteiger partial charge in [-0.1, -0.05) is 20.8 Å². The van der Waals surface area contributed by atoms with Crippen molar-refractivity contribution >= 4 is 8.32 Å². The number of nitriles is 1. The third kappa shape index (κ3) is 5.11. The second-order valence-electron chi connectivity index (χ2n) is 11.4. The van der Waals surface area contributed by atoms with Crippen LogP contribution in [0, 0.1) is 17.2 Å². The van der Waals surface area contributed by atoms with Gasteiger partial charge in [0.15, 0.2) is 14.1 Å². The molecule has 6 atom stereocenters. The molecule has 0 radical (unpaired) electrons. The molecular formula is C23H41NO5Si. The topological polar surface area (TPSA) is 69.9 Å². The molecule has 0 N–H and O–H groups in total. The summed E-state index contributed by atoms with van der Waals surface area (Å²) in [5.74, 6) is -0.589. The van der Waals surface area contributed by atoms with Crippen LogP contribution in [0.4, 0.5) is 0 Å². The molecule has 0 aromatic heterocycles. The maximum Gasteiger partial charge on any atom is 0.192 e. The van der Waals surface area contributed by atoms with Crippen LogP contribution < -0.4 is 0 Å². The van der Waals surface area contributed by atoms with Crippen molar-refractivity contribution in [1.29, 1.82) is 5.26 Å². The molecule has 7 heteroatoms. The molecule has 0 bridgehead atoms. The van der Waals surface area contributed by atoms with Crippen molar-refractivity contribution in [1.82, 2.24) is 0 Å². The van der Waals surface area contributed by atoms with Gasteiger partial charge >= 0.3 is 0 Å². The van der Waals surface area contributed by atoms with E-state index >= 15 is 0 Å². The first-order chi connectivity index (χ1) is 13.8. The molecular weight excluding hydrogens is 398 g/mol. The third-order valence-electron chi connectivity index (χ3n) is 7.39. The largest absolute Gasteiger partial charge is 0.414 e. The Kier molecular flexibility index (Phi) is 6.81. The molecule has 172 valence electrons. The Balaban J connectivity index is 1.77. The second kappa shape index (κ2) is 8.46. The molecule has 3 heterocycles. The highest BCUT2D eigenvalue weighted by Crippen LogP contribution is 2.47. The van der Waals surface area contributed by atoms with Crippen molar-refractivity contribution in [2.24, 2.45) is 5.92 Å². The van der Waals surface area contributed by atoms with E-state index in [4.69, 9.17) is 23.4 Å². The molecule has 3 rings (SSSR count). The summed E-state index contributed by atoms with van der Waals surface area (Å²) >= 11 is 0. The molecule has 30 heavy (non-hydrogen) atoms. The lowest BCUT2D eigenvalue weighted by molar-refractivity contribution is -0.186. The van der Waals surface area contributed by atoms with Gasteiger partial charge < -0.3 is 23.4 Å². The van der Waals surface area contributed by atoms with Gasteiger partial charge in [-0.25, -0.2) is 0 Å². The second-order valence-corrected chi connectivity index (χ2v) is 16.2. The van der Waals surface area contributed by atoms with Crippen LogP contribution in [0.3, 0.4) is 0 Å². The van der Waals surface area contributed by atoms with E-state index in [-0.39, 0.29) is 35.4 Å². The van der Waals surface area contributed by atoms with E-state index in [1.54, 1.807) is 0 Å². The maximum atomic E-state index is 9.27. The first-order valence-electron chi connectivity index (χ1n) is 11.5. The molecule has 3 aliphatic rings. The lowest BCUT2D eigenvalue weighted by Gasteiger charge is -2.45. The number of ether oxygens (including phenoxy) is 4. The Morgan fingerprint density at radius 2 is 1.87 bits per heavy atom. The van der Waals surface area contributed by atoms with E-state index < -0.39 is 19.7 Å². The molecule has 3 saturated heterocycles. The molecule has 3 fully saturated rings. The highest BCUT2D eigenvalue weighted by Gasteiger charge is 2.57. The number of rotatable bonds is 6. The van der Waals surface area contributed by atoms with Crippen molar-refractivity contribution in [3.63, 3.8) is 0 Å². The van der Waals surface area contributed by atoms with Gasteiger partial charge in [0.2, 0.25) is 0 Å². The maximum absolute atomic E-state index is 9.27. The fraction of sp³-hybridized carbons (Fsp3) is 0.957. The summed E-state index contributed by atoms with van der Waals surface area (Å²) in [5, 5.41) is 9.40. The van der Waals surface area contributed by atoms with Crippen LogP contribution in [0.2, 0.25) is 18.1 Å². The number of hydrogen-bond donors (Lipinski definition) is 0. The Hall–Kier alpha value is -0.493. The monoisotopic (exact) mass is 439 g/mol. The Bertz CT molecular complexity index is 655. The van der Waals surface area contributed by atoms with Gasteiger partial charge in [0.05, 0.1) is 37.6 Å². The normalized spacial score (nSPS) is 37.6. The molecule has 0 aliphatic carbocycles. The molecule has 3 aliphatic heterocycles. The van der Waals surface area contributed by atoms with Crippen LogP contribution in [-0.2, 0) is 23.4 Å². The Morgan fingerprint density at radius 1 is 1.17 bits per heavy atom. The first-order valence-corrected chi connectivity index (χ1v) is 14.4. The molecule has 6 nitrogen and oxygen atoms in total. The average Bonchev–Trinajstić information content (AvgIpc) is 3.19. The molecule has 0 amide bonds. The first kappa shape index (κ1) is 24.2. The van der Waals surface area contributed by atoms with Crippen LogP contribution >= 0.6 is 0 Å². The summed E-state index contributed by atoms with van der Waals surface area (Å²) < 4.78 is 31.8. The van der Waals surface area contributed by atoms with Crippen molar-refractivity contribution in [2.45, 2.75) is 121 Å². The molecule has 0 aromatic carbocycles. The standard InChI is InChI=1S/C23H41NO5Si/c1-16(13-24)11-17-9-10-20-23(28-17,15-26-30(7,8)21(2,3)4)12-18(27-20)19-14-25-22(5,6)29-19/h16-20H,9-12,14-15H2,1-8H3/t16-,17?,18-,19-,20?,23?/m1/s1. The summed E-state index contributed by atoms with van der Waals surface area (Å²) in [4.78, 5) is 0. The van der Waals surface area contributed by atoms with Gasteiger partial charge in [-0.15, -0.1) is 0 Å². The summed E-state index contributed by atoms with van der Waals surface area (Å²) in [6.07, 6.45) is 3.25. The van der Waals surface area contributed by atoms with Crippen molar-refractivity contribution in [2.75, 3.05) is 13.2 Å². The zero-order chi connectivity index (χ0) is 22.4. The summed E-state index contributed by atoms with van der Waals surface area (Å²) in [5.41, 5.74) is -0.478. The highest BCUT2D eigenvalue weighted by molar-refractivity contribution is 6.74. The Morgan fingerprint density at radius 3 is 2.43 bits per heavy atom. The smallest absolute Gasteiger partial charge is 0.192 e. The highest BCUT2D eigenvalue weighted by atomic mass is 28.4. The minimum Gasteiger partial charge on any atom is -0.414 e. The minimum atomic E-state index is -1.94. The average molecular weight is 440 g/mol. The number of hydrogen-bond acceptors (Lipinski definition) is 6. The molecule has 0 aromatic rings. The molecule has 3 unspecified atom stereocenters. The van der Waals surface area contributed by atoms with Crippen molar-refractivity contribution < 1.29 is 23.4 Å². The van der Waals surface area contributed by atoms with Gasteiger partial charge in [-0.3, -0.25) is 0 Å². The predicted octanol–water partition coefficient (Wildman–Crippen LogP) is 4.78. The Labute approximate surface area is 183 Å². The zero-order valence-electron chi connectivity index (χ0n) is 20.1. The fourth-order valence-corrected chi connectivity index (χ4v) is 5.51. The SMILES string of the molecule is C[C@@H](C#N)CC1CCC2O[C@@H]([C@H]3COC(C)(C)O3)CC2(CO[Si](C)(C)C(C)(C)C)O1. The summed E-state index contributed by atoms with van der Waals surface area (Å²) in [6.45, 7) is 18.3. The van der Waals surface area contributed by atoms with Crippen LogP contribution in [0.25, 0.3) is 0 Å². The van der Waals surface area contributed by atoms with Crippen molar-refractivity contribution in [3.8, 4) is 6.07 Å². The number of fused-ring (bicyclic) bond motifs is 1. The lowest BCUT2D eigenvalue weighted by Crippen LogP contribution is -2.55. The van der Waals surface area contributed by atoms with E-state index in [9.17, 15) is 5.26 Å². The van der Waals surface area contributed by atoms with Gasteiger partial charge in [-0.2, -0.15) is 5.26 Å². The van der Waals surface area contributed by atoms with Gasteiger partial charge in [-0.05, 0) is 58.2 Å². The van der Waals surface area contributed by atoms with E-state index in [0.717, 1.165) is 25.7 Å². The van der Waals surface area contributed by atoms with Crippen LogP contribution in [-0.4, -0.2) is 57.3 Å². The van der Waals surface area contributed by atoms with Crippen LogP contribution in [0.5, 0.6) is 0 Å². The quantitative estimate of drug-likeness (QED) is 0.555. The van der Waals surface area contributed by atoms with Crippen molar-refractivity contribution in [3.05, 3.63) is 0 Å². The summed E-state index contributed by atoms with van der Waals surface area (Å²) in [7, 11) is -1.94. The van der Waals surface area contributed by atoms with Gasteiger partial charge in [0.25, 0.3) is 0 Å². The molecule has 0 spiro atoms. The third-order valence-corrected chi connectivity index (χ3v) is 11.9. The van der Waals surface area contributed by atoms with E-state index in [2.05, 4.69) is 39.9 Å². The van der Waals surface area contributed by atoms with E-state index in [0.29, 0.717) is 13.2 Å². The zero-order valence-corrected chi connectivity index (χ0v) is 21.1. The van der Waals surface area contributed by atoms with Gasteiger partial charge in [0.1, 0.15) is 11.7 Å². The van der Waals surface area contributed by atoms with Gasteiger partial charge in [0, 0.05) is 12.3 Å². The molecule has 0 saturated carbocycles. The number of nitrogens with zero attached hydrogens (tertiary/aromatic N) is 1. The van der Waals surface area contributed by atoms with Crippen LogP contribution in [0.15, 0.2) is 0 Å². The fourth-order valence-electron chi connectivity index (χ4n) is 4.47. The lowest BCUT2D eigenvalue weighted by atomic mass is 9.85. The summed E-state index contributed by atoms with van der Waals surface area (Å²) in [6, 6.07) is 2.35. The van der Waals surface area contributed by atoms with E-state index in [1.165, 1.54) is 0 Å². The van der Waals surface area contributed by atoms with E-state index in [1.807, 2.05) is 20.8 Å².